The van der Waals surface area contributed by atoms with E-state index in [4.69, 9.17) is 5.11 Å². The number of hydrogen-bond donors (Lipinski definition) is 3. The van der Waals surface area contributed by atoms with Crippen molar-refractivity contribution in [2.45, 2.75) is 32.4 Å². The normalized spacial score (nSPS) is 23.4. The second-order valence-electron chi connectivity index (χ2n) is 5.54. The summed E-state index contributed by atoms with van der Waals surface area (Å²) in [5.74, 6) is 0. The standard InChI is InChI=1S/C14H21NO2/c1-14(2)7-10-5-3-4-6-12(10)13(14)15-8-11(17)9-16/h3-6,11,13,15-17H,7-9H2,1-2H3. The minimum atomic E-state index is -0.682. The van der Waals surface area contributed by atoms with Gasteiger partial charge in [-0.05, 0) is 23.0 Å². The van der Waals surface area contributed by atoms with Crippen LogP contribution in [0.3, 0.4) is 0 Å². The first-order chi connectivity index (χ1) is 8.04. The van der Waals surface area contributed by atoms with Gasteiger partial charge in [0.1, 0.15) is 0 Å². The first-order valence-corrected chi connectivity index (χ1v) is 6.14. The Balaban J connectivity index is 2.14. The second-order valence-corrected chi connectivity index (χ2v) is 5.54. The Bertz CT molecular complexity index is 390. The molecule has 0 bridgehead atoms. The number of aliphatic hydroxyl groups is 2. The summed E-state index contributed by atoms with van der Waals surface area (Å²) in [6.07, 6.45) is 0.370. The minimum Gasteiger partial charge on any atom is -0.394 e. The van der Waals surface area contributed by atoms with Gasteiger partial charge in [-0.3, -0.25) is 0 Å². The molecule has 0 amide bonds. The Kier molecular flexibility index (Phi) is 3.52. The van der Waals surface area contributed by atoms with Crippen LogP contribution in [0.4, 0.5) is 0 Å². The molecule has 0 heterocycles. The Morgan fingerprint density at radius 3 is 2.82 bits per heavy atom. The highest BCUT2D eigenvalue weighted by atomic mass is 16.3. The van der Waals surface area contributed by atoms with Crippen LogP contribution in [0.25, 0.3) is 0 Å². The molecule has 0 radical (unpaired) electrons. The van der Waals surface area contributed by atoms with Gasteiger partial charge in [0.15, 0.2) is 0 Å². The lowest BCUT2D eigenvalue weighted by molar-refractivity contribution is 0.0867. The van der Waals surface area contributed by atoms with Crippen molar-refractivity contribution in [2.75, 3.05) is 13.2 Å². The summed E-state index contributed by atoms with van der Waals surface area (Å²) in [6.45, 7) is 4.70. The third-order valence-corrected chi connectivity index (χ3v) is 3.56. The molecular formula is C14H21NO2. The number of fused-ring (bicyclic) bond motifs is 1. The topological polar surface area (TPSA) is 52.5 Å². The van der Waals surface area contributed by atoms with Gasteiger partial charge in [-0.1, -0.05) is 38.1 Å². The van der Waals surface area contributed by atoms with E-state index in [-0.39, 0.29) is 18.1 Å². The van der Waals surface area contributed by atoms with Crippen LogP contribution >= 0.6 is 0 Å². The lowest BCUT2D eigenvalue weighted by Crippen LogP contribution is -2.37. The van der Waals surface area contributed by atoms with E-state index in [1.165, 1.54) is 11.1 Å². The smallest absolute Gasteiger partial charge is 0.0895 e. The molecule has 3 N–H and O–H groups in total. The fraction of sp³-hybridized carbons (Fsp3) is 0.571. The van der Waals surface area contributed by atoms with Crippen molar-refractivity contribution in [2.24, 2.45) is 5.41 Å². The van der Waals surface area contributed by atoms with Gasteiger partial charge in [-0.15, -0.1) is 0 Å². The highest BCUT2D eigenvalue weighted by Gasteiger charge is 2.38. The van der Waals surface area contributed by atoms with Crippen LogP contribution in [-0.2, 0) is 6.42 Å². The van der Waals surface area contributed by atoms with E-state index in [1.54, 1.807) is 0 Å². The monoisotopic (exact) mass is 235 g/mol. The average molecular weight is 235 g/mol. The first-order valence-electron chi connectivity index (χ1n) is 6.14. The van der Waals surface area contributed by atoms with Gasteiger partial charge in [-0.25, -0.2) is 0 Å². The van der Waals surface area contributed by atoms with Crippen molar-refractivity contribution in [3.63, 3.8) is 0 Å². The molecule has 0 saturated heterocycles. The third kappa shape index (κ3) is 2.51. The van der Waals surface area contributed by atoms with Crippen LogP contribution in [0.5, 0.6) is 0 Å². The summed E-state index contributed by atoms with van der Waals surface area (Å²) in [4.78, 5) is 0. The lowest BCUT2D eigenvalue weighted by atomic mass is 9.85. The molecule has 0 saturated carbocycles. The molecule has 0 spiro atoms. The number of aliphatic hydroxyl groups excluding tert-OH is 2. The van der Waals surface area contributed by atoms with Crippen LogP contribution < -0.4 is 5.32 Å². The Labute approximate surface area is 102 Å². The fourth-order valence-electron chi connectivity index (χ4n) is 2.70. The number of hydrogen-bond acceptors (Lipinski definition) is 3. The first kappa shape index (κ1) is 12.6. The van der Waals surface area contributed by atoms with Crippen molar-refractivity contribution in [1.82, 2.24) is 5.32 Å². The van der Waals surface area contributed by atoms with E-state index in [0.717, 1.165) is 6.42 Å². The van der Waals surface area contributed by atoms with Crippen LogP contribution in [0.15, 0.2) is 24.3 Å². The molecule has 1 aromatic carbocycles. The van der Waals surface area contributed by atoms with Gasteiger partial charge in [0.05, 0.1) is 12.7 Å². The molecule has 2 unspecified atom stereocenters. The number of rotatable bonds is 4. The molecule has 1 aromatic rings. The highest BCUT2D eigenvalue weighted by Crippen LogP contribution is 2.44. The van der Waals surface area contributed by atoms with Crippen LogP contribution in [0, 0.1) is 5.41 Å². The molecule has 94 valence electrons. The van der Waals surface area contributed by atoms with Gasteiger partial charge in [0.25, 0.3) is 0 Å². The van der Waals surface area contributed by atoms with E-state index in [0.29, 0.717) is 6.54 Å². The third-order valence-electron chi connectivity index (χ3n) is 3.56. The van der Waals surface area contributed by atoms with E-state index in [2.05, 4.69) is 43.4 Å². The Morgan fingerprint density at radius 2 is 2.12 bits per heavy atom. The highest BCUT2D eigenvalue weighted by molar-refractivity contribution is 5.37. The van der Waals surface area contributed by atoms with E-state index >= 15 is 0 Å². The Morgan fingerprint density at radius 1 is 1.41 bits per heavy atom. The van der Waals surface area contributed by atoms with E-state index < -0.39 is 6.10 Å². The van der Waals surface area contributed by atoms with Crippen molar-refractivity contribution in [3.8, 4) is 0 Å². The maximum absolute atomic E-state index is 9.42. The zero-order valence-electron chi connectivity index (χ0n) is 10.5. The molecule has 0 aliphatic heterocycles. The van der Waals surface area contributed by atoms with Crippen molar-refractivity contribution < 1.29 is 10.2 Å². The molecule has 0 fully saturated rings. The molecular weight excluding hydrogens is 214 g/mol. The maximum atomic E-state index is 9.42. The quantitative estimate of drug-likeness (QED) is 0.736. The predicted octanol–water partition coefficient (Wildman–Crippen LogP) is 1.25. The van der Waals surface area contributed by atoms with Gasteiger partial charge in [0.2, 0.25) is 0 Å². The lowest BCUT2D eigenvalue weighted by Gasteiger charge is -2.29. The van der Waals surface area contributed by atoms with Gasteiger partial charge >= 0.3 is 0 Å². The van der Waals surface area contributed by atoms with Gasteiger partial charge in [-0.2, -0.15) is 0 Å². The molecule has 0 aromatic heterocycles. The summed E-state index contributed by atoms with van der Waals surface area (Å²) in [5, 5.41) is 21.6. The van der Waals surface area contributed by atoms with E-state index in [1.807, 2.05) is 0 Å². The van der Waals surface area contributed by atoms with Crippen molar-refractivity contribution in [1.29, 1.82) is 0 Å². The SMILES string of the molecule is CC1(C)Cc2ccccc2C1NCC(O)CO. The molecule has 2 rings (SSSR count). The maximum Gasteiger partial charge on any atom is 0.0895 e. The second kappa shape index (κ2) is 4.77. The Hall–Kier alpha value is -0.900. The van der Waals surface area contributed by atoms with Crippen LogP contribution in [0.1, 0.15) is 31.0 Å². The largest absolute Gasteiger partial charge is 0.394 e. The molecule has 2 atom stereocenters. The van der Waals surface area contributed by atoms with E-state index in [9.17, 15) is 5.11 Å². The molecule has 1 aliphatic carbocycles. The van der Waals surface area contributed by atoms with Crippen molar-refractivity contribution >= 4 is 0 Å². The number of nitrogens with one attached hydrogen (secondary N) is 1. The number of benzene rings is 1. The zero-order chi connectivity index (χ0) is 12.5. The molecule has 1 aliphatic rings. The van der Waals surface area contributed by atoms with Crippen molar-refractivity contribution in [3.05, 3.63) is 35.4 Å². The molecule has 3 heteroatoms. The van der Waals surface area contributed by atoms with Crippen LogP contribution in [-0.4, -0.2) is 29.5 Å². The summed E-state index contributed by atoms with van der Waals surface area (Å²) >= 11 is 0. The van der Waals surface area contributed by atoms with Gasteiger partial charge < -0.3 is 15.5 Å². The van der Waals surface area contributed by atoms with Gasteiger partial charge in [0, 0.05) is 12.6 Å². The fourth-order valence-corrected chi connectivity index (χ4v) is 2.70. The summed E-state index contributed by atoms with van der Waals surface area (Å²) < 4.78 is 0. The predicted molar refractivity (Wildman–Crippen MR) is 67.8 cm³/mol. The zero-order valence-corrected chi connectivity index (χ0v) is 10.5. The summed E-state index contributed by atoms with van der Waals surface area (Å²) in [5.41, 5.74) is 2.86. The molecule has 3 nitrogen and oxygen atoms in total. The summed E-state index contributed by atoms with van der Waals surface area (Å²) in [6, 6.07) is 8.69. The van der Waals surface area contributed by atoms with Crippen LogP contribution in [0.2, 0.25) is 0 Å². The molecule has 17 heavy (non-hydrogen) atoms. The average Bonchev–Trinajstić information content (AvgIpc) is 2.56. The summed E-state index contributed by atoms with van der Waals surface area (Å²) in [7, 11) is 0. The minimum absolute atomic E-state index is 0.152.